The summed E-state index contributed by atoms with van der Waals surface area (Å²) in [4.78, 5) is 4.02. The summed E-state index contributed by atoms with van der Waals surface area (Å²) < 4.78 is 20.3. The van der Waals surface area contributed by atoms with Crippen molar-refractivity contribution in [3.8, 4) is 17.3 Å². The van der Waals surface area contributed by atoms with E-state index >= 15 is 0 Å². The molecule has 0 bridgehead atoms. The highest BCUT2D eigenvalue weighted by Crippen LogP contribution is 2.31. The molecule has 2 aromatic heterocycles. The minimum Gasteiger partial charge on any atom is -0.477 e. The second kappa shape index (κ2) is 3.80. The first kappa shape index (κ1) is 11.2. The first-order chi connectivity index (χ1) is 8.53. The largest absolute Gasteiger partial charge is 0.477 e. The Balaban J connectivity index is 1.96. The van der Waals surface area contributed by atoms with Gasteiger partial charge in [-0.05, 0) is 12.1 Å². The van der Waals surface area contributed by atoms with E-state index in [1.54, 1.807) is 6.07 Å². The van der Waals surface area contributed by atoms with E-state index in [2.05, 4.69) is 23.9 Å². The Morgan fingerprint density at radius 1 is 1.33 bits per heavy atom. The van der Waals surface area contributed by atoms with Crippen LogP contribution in [0.2, 0.25) is 0 Å². The van der Waals surface area contributed by atoms with Crippen LogP contribution in [0, 0.1) is 11.2 Å². The van der Waals surface area contributed by atoms with Gasteiger partial charge in [0.2, 0.25) is 5.88 Å². The van der Waals surface area contributed by atoms with Gasteiger partial charge in [-0.2, -0.15) is 5.10 Å². The topological polar surface area (TPSA) is 39.9 Å². The van der Waals surface area contributed by atoms with Gasteiger partial charge in [-0.25, -0.2) is 9.07 Å². The van der Waals surface area contributed by atoms with Crippen LogP contribution < -0.4 is 4.74 Å². The molecule has 0 radical (unpaired) electrons. The zero-order valence-electron chi connectivity index (χ0n) is 10.4. The molecular weight excluding hydrogens is 233 g/mol. The van der Waals surface area contributed by atoms with Crippen molar-refractivity contribution in [3.63, 3.8) is 0 Å². The van der Waals surface area contributed by atoms with Crippen molar-refractivity contribution in [1.29, 1.82) is 0 Å². The van der Waals surface area contributed by atoms with Crippen LogP contribution in [-0.2, 0) is 6.54 Å². The second-order valence-electron chi connectivity index (χ2n) is 5.34. The molecule has 18 heavy (non-hydrogen) atoms. The number of pyridine rings is 1. The fourth-order valence-electron chi connectivity index (χ4n) is 2.00. The molecule has 1 aliphatic rings. The minimum absolute atomic E-state index is 0.0759. The molecule has 0 amide bonds. The standard InChI is InChI=1S/C13H14FN3O/c1-13(2)7-17-12(18-8-13)5-11(16-17)10-4-3-9(14)6-15-10/h3-6H,7-8H2,1-2H3. The molecule has 0 unspecified atom stereocenters. The van der Waals surface area contributed by atoms with Crippen molar-refractivity contribution in [2.24, 2.45) is 5.41 Å². The summed E-state index contributed by atoms with van der Waals surface area (Å²) >= 11 is 0. The fourth-order valence-corrected chi connectivity index (χ4v) is 2.00. The van der Waals surface area contributed by atoms with E-state index in [-0.39, 0.29) is 11.2 Å². The SMILES string of the molecule is CC1(C)COc2cc(-c3ccc(F)cn3)nn2C1. The highest BCUT2D eigenvalue weighted by atomic mass is 19.1. The van der Waals surface area contributed by atoms with Gasteiger partial charge in [0.15, 0.2) is 0 Å². The van der Waals surface area contributed by atoms with Crippen molar-refractivity contribution >= 4 is 0 Å². The summed E-state index contributed by atoms with van der Waals surface area (Å²) in [6.45, 7) is 5.75. The summed E-state index contributed by atoms with van der Waals surface area (Å²) in [7, 11) is 0. The molecule has 0 spiro atoms. The molecule has 0 N–H and O–H groups in total. The van der Waals surface area contributed by atoms with Crippen LogP contribution in [0.1, 0.15) is 13.8 Å². The van der Waals surface area contributed by atoms with E-state index in [1.807, 2.05) is 10.7 Å². The van der Waals surface area contributed by atoms with Crippen molar-refractivity contribution in [2.75, 3.05) is 6.61 Å². The van der Waals surface area contributed by atoms with Gasteiger partial charge < -0.3 is 4.74 Å². The molecule has 1 aliphatic heterocycles. The Kier molecular flexibility index (Phi) is 2.36. The van der Waals surface area contributed by atoms with Gasteiger partial charge in [0.1, 0.15) is 11.5 Å². The van der Waals surface area contributed by atoms with Gasteiger partial charge in [-0.15, -0.1) is 0 Å². The maximum absolute atomic E-state index is 12.8. The predicted molar refractivity (Wildman–Crippen MR) is 64.7 cm³/mol. The number of hydrogen-bond donors (Lipinski definition) is 0. The molecule has 0 fully saturated rings. The zero-order valence-corrected chi connectivity index (χ0v) is 10.4. The molecule has 94 valence electrons. The Bertz CT molecular complexity index is 574. The molecule has 0 aliphatic carbocycles. The maximum atomic E-state index is 12.8. The Morgan fingerprint density at radius 3 is 2.89 bits per heavy atom. The van der Waals surface area contributed by atoms with Crippen LogP contribution in [0.25, 0.3) is 11.4 Å². The average molecular weight is 247 g/mol. The number of rotatable bonds is 1. The van der Waals surface area contributed by atoms with E-state index in [0.717, 1.165) is 12.4 Å². The smallest absolute Gasteiger partial charge is 0.212 e. The molecule has 4 nitrogen and oxygen atoms in total. The Hall–Kier alpha value is -1.91. The van der Waals surface area contributed by atoms with Crippen LogP contribution in [0.15, 0.2) is 24.4 Å². The molecule has 2 aromatic rings. The van der Waals surface area contributed by atoms with E-state index in [9.17, 15) is 4.39 Å². The number of ether oxygens (including phenoxy) is 1. The fraction of sp³-hybridized carbons (Fsp3) is 0.385. The maximum Gasteiger partial charge on any atom is 0.212 e. The third-order valence-corrected chi connectivity index (χ3v) is 2.92. The van der Waals surface area contributed by atoms with E-state index in [0.29, 0.717) is 18.0 Å². The number of aromatic nitrogens is 3. The van der Waals surface area contributed by atoms with Gasteiger partial charge in [-0.3, -0.25) is 4.98 Å². The highest BCUT2D eigenvalue weighted by molar-refractivity contribution is 5.55. The second-order valence-corrected chi connectivity index (χ2v) is 5.34. The van der Waals surface area contributed by atoms with E-state index in [1.165, 1.54) is 12.3 Å². The van der Waals surface area contributed by atoms with Crippen molar-refractivity contribution < 1.29 is 9.13 Å². The van der Waals surface area contributed by atoms with Gasteiger partial charge >= 0.3 is 0 Å². The molecule has 0 saturated heterocycles. The Labute approximate surface area is 104 Å². The van der Waals surface area contributed by atoms with Crippen LogP contribution >= 0.6 is 0 Å². The van der Waals surface area contributed by atoms with Crippen LogP contribution in [-0.4, -0.2) is 21.4 Å². The summed E-state index contributed by atoms with van der Waals surface area (Å²) in [6, 6.07) is 4.84. The van der Waals surface area contributed by atoms with Crippen molar-refractivity contribution in [2.45, 2.75) is 20.4 Å². The average Bonchev–Trinajstić information content (AvgIpc) is 2.71. The van der Waals surface area contributed by atoms with Crippen LogP contribution in [0.5, 0.6) is 5.88 Å². The van der Waals surface area contributed by atoms with Crippen LogP contribution in [0.3, 0.4) is 0 Å². The number of fused-ring (bicyclic) bond motifs is 1. The number of hydrogen-bond acceptors (Lipinski definition) is 3. The third kappa shape index (κ3) is 1.96. The van der Waals surface area contributed by atoms with Crippen LogP contribution in [0.4, 0.5) is 4.39 Å². The summed E-state index contributed by atoms with van der Waals surface area (Å²) in [5, 5.41) is 4.45. The highest BCUT2D eigenvalue weighted by Gasteiger charge is 2.28. The molecule has 3 heterocycles. The van der Waals surface area contributed by atoms with Crippen molar-refractivity contribution in [1.82, 2.24) is 14.8 Å². The van der Waals surface area contributed by atoms with Gasteiger partial charge in [0, 0.05) is 11.5 Å². The molecule has 3 rings (SSSR count). The Morgan fingerprint density at radius 2 is 2.17 bits per heavy atom. The summed E-state index contributed by atoms with van der Waals surface area (Å²) in [5.74, 6) is 0.399. The van der Waals surface area contributed by atoms with Crippen molar-refractivity contribution in [3.05, 3.63) is 30.2 Å². The summed E-state index contributed by atoms with van der Waals surface area (Å²) in [6.07, 6.45) is 1.19. The lowest BCUT2D eigenvalue weighted by Gasteiger charge is -2.29. The lowest BCUT2D eigenvalue weighted by Crippen LogP contribution is -2.32. The minimum atomic E-state index is -0.347. The van der Waals surface area contributed by atoms with E-state index < -0.39 is 0 Å². The van der Waals surface area contributed by atoms with E-state index in [4.69, 9.17) is 4.74 Å². The lowest BCUT2D eigenvalue weighted by molar-refractivity contribution is 0.100. The normalized spacial score (nSPS) is 17.1. The first-order valence-electron chi connectivity index (χ1n) is 5.86. The number of nitrogens with zero attached hydrogens (tertiary/aromatic N) is 3. The predicted octanol–water partition coefficient (Wildman–Crippen LogP) is 2.50. The number of halogens is 1. The molecular formula is C13H14FN3O. The van der Waals surface area contributed by atoms with Gasteiger partial charge in [0.05, 0.1) is 25.0 Å². The first-order valence-corrected chi connectivity index (χ1v) is 5.86. The quantitative estimate of drug-likeness (QED) is 0.777. The van der Waals surface area contributed by atoms with Gasteiger partial charge in [0.25, 0.3) is 0 Å². The molecule has 0 atom stereocenters. The van der Waals surface area contributed by atoms with Gasteiger partial charge in [-0.1, -0.05) is 13.8 Å². The monoisotopic (exact) mass is 247 g/mol. The molecule has 5 heteroatoms. The third-order valence-electron chi connectivity index (χ3n) is 2.92. The molecule has 0 saturated carbocycles. The summed E-state index contributed by atoms with van der Waals surface area (Å²) in [5.41, 5.74) is 1.44. The zero-order chi connectivity index (χ0) is 12.8. The molecule has 0 aromatic carbocycles. The lowest BCUT2D eigenvalue weighted by atomic mass is 9.94.